The number of amides is 3. The van der Waals surface area contributed by atoms with Crippen LogP contribution in [0.4, 0.5) is 0 Å². The van der Waals surface area contributed by atoms with Gasteiger partial charge in [0.1, 0.15) is 6.04 Å². The first kappa shape index (κ1) is 18.5. The highest BCUT2D eigenvalue weighted by molar-refractivity contribution is 6.05. The minimum absolute atomic E-state index is 0.0853. The molecule has 1 aromatic rings. The number of nitrogens with one attached hydrogen (secondary N) is 2. The largest absolute Gasteiger partial charge is 0.322 e. The molecular formula is C23H28N4O3. The second kappa shape index (κ2) is 6.37. The second-order valence-corrected chi connectivity index (χ2v) is 10.1. The maximum absolute atomic E-state index is 13.1. The molecule has 3 unspecified atom stereocenters. The van der Waals surface area contributed by atoms with Gasteiger partial charge in [-0.3, -0.25) is 24.6 Å². The summed E-state index contributed by atoms with van der Waals surface area (Å²) in [7, 11) is 0. The number of benzene rings is 1. The lowest BCUT2D eigenvalue weighted by atomic mass is 9.71. The van der Waals surface area contributed by atoms with Crippen LogP contribution in [-0.4, -0.2) is 59.7 Å². The van der Waals surface area contributed by atoms with E-state index < -0.39 is 6.04 Å². The molecule has 3 saturated heterocycles. The standard InChI is InChI=1S/C23H28N4O3/c28-19-5-4-18(20(29)25-19)27-10-16-3-2-15(8-17(16)21(27)30)9-26-13-22-6-1-7-23(22,14-26)12-24-11-22/h2-3,8,18,24H,1,4-7,9-14H2,(H,25,28,29). The molecule has 1 aromatic carbocycles. The Hall–Kier alpha value is -2.25. The topological polar surface area (TPSA) is 81.8 Å². The molecular weight excluding hydrogens is 380 g/mol. The fourth-order valence-electron chi connectivity index (χ4n) is 6.98. The van der Waals surface area contributed by atoms with Crippen LogP contribution in [0.25, 0.3) is 0 Å². The number of hydrogen-bond acceptors (Lipinski definition) is 5. The third kappa shape index (κ3) is 2.54. The molecule has 0 spiro atoms. The molecule has 7 nitrogen and oxygen atoms in total. The number of nitrogens with zero attached hydrogens (tertiary/aromatic N) is 2. The fraction of sp³-hybridized carbons (Fsp3) is 0.609. The molecule has 6 rings (SSSR count). The van der Waals surface area contributed by atoms with E-state index >= 15 is 0 Å². The van der Waals surface area contributed by atoms with Crippen molar-refractivity contribution in [3.8, 4) is 0 Å². The van der Waals surface area contributed by atoms with E-state index in [1.165, 1.54) is 24.8 Å². The Morgan fingerprint density at radius 2 is 1.83 bits per heavy atom. The average Bonchev–Trinajstić information content (AvgIpc) is 3.37. The number of carbonyl (C=O) groups is 3. The molecule has 1 saturated carbocycles. The normalized spacial score (nSPS) is 35.5. The van der Waals surface area contributed by atoms with Crippen LogP contribution in [-0.2, 0) is 22.7 Å². The lowest BCUT2D eigenvalue weighted by molar-refractivity contribution is -0.136. The van der Waals surface area contributed by atoms with E-state index in [2.05, 4.69) is 21.6 Å². The van der Waals surface area contributed by atoms with Crippen molar-refractivity contribution >= 4 is 17.7 Å². The lowest BCUT2D eigenvalue weighted by Gasteiger charge is -2.30. The Balaban J connectivity index is 1.18. The molecule has 3 atom stereocenters. The van der Waals surface area contributed by atoms with E-state index in [0.29, 0.717) is 23.8 Å². The summed E-state index contributed by atoms with van der Waals surface area (Å²) in [5.74, 6) is -0.690. The molecule has 2 N–H and O–H groups in total. The Morgan fingerprint density at radius 3 is 2.57 bits per heavy atom. The molecule has 158 valence electrons. The third-order valence-electron chi connectivity index (χ3n) is 8.41. The molecule has 4 heterocycles. The van der Waals surface area contributed by atoms with Gasteiger partial charge < -0.3 is 10.2 Å². The van der Waals surface area contributed by atoms with Crippen LogP contribution in [0.5, 0.6) is 0 Å². The van der Waals surface area contributed by atoms with Gasteiger partial charge in [0.15, 0.2) is 0 Å². The Kier molecular flexibility index (Phi) is 3.93. The first-order valence-corrected chi connectivity index (χ1v) is 11.2. The van der Waals surface area contributed by atoms with Crippen molar-refractivity contribution in [1.29, 1.82) is 0 Å². The zero-order chi connectivity index (χ0) is 20.5. The summed E-state index contributed by atoms with van der Waals surface area (Å²) < 4.78 is 0. The molecule has 30 heavy (non-hydrogen) atoms. The maximum Gasteiger partial charge on any atom is 0.255 e. The highest BCUT2D eigenvalue weighted by Crippen LogP contribution is 2.59. The van der Waals surface area contributed by atoms with Crippen LogP contribution < -0.4 is 10.6 Å². The van der Waals surface area contributed by atoms with Crippen molar-refractivity contribution in [3.05, 3.63) is 34.9 Å². The van der Waals surface area contributed by atoms with Crippen molar-refractivity contribution in [2.75, 3.05) is 26.2 Å². The number of hydrogen-bond donors (Lipinski definition) is 2. The van der Waals surface area contributed by atoms with E-state index in [9.17, 15) is 14.4 Å². The summed E-state index contributed by atoms with van der Waals surface area (Å²) in [5.41, 5.74) is 3.76. The fourth-order valence-corrected chi connectivity index (χ4v) is 6.98. The molecule has 7 heteroatoms. The maximum atomic E-state index is 13.1. The molecule has 4 aliphatic heterocycles. The van der Waals surface area contributed by atoms with Crippen molar-refractivity contribution in [2.24, 2.45) is 10.8 Å². The van der Waals surface area contributed by atoms with Gasteiger partial charge in [0.2, 0.25) is 11.8 Å². The van der Waals surface area contributed by atoms with Gasteiger partial charge in [-0.15, -0.1) is 0 Å². The predicted molar refractivity (Wildman–Crippen MR) is 109 cm³/mol. The first-order chi connectivity index (χ1) is 14.5. The van der Waals surface area contributed by atoms with Gasteiger partial charge in [0.05, 0.1) is 0 Å². The summed E-state index contributed by atoms with van der Waals surface area (Å²) in [6.45, 7) is 5.91. The number of fused-ring (bicyclic) bond motifs is 1. The van der Waals surface area contributed by atoms with E-state index in [1.807, 2.05) is 12.1 Å². The number of likely N-dealkylation sites (tertiary alicyclic amines) is 1. The summed E-state index contributed by atoms with van der Waals surface area (Å²) in [6, 6.07) is 5.66. The Labute approximate surface area is 176 Å². The quantitative estimate of drug-likeness (QED) is 0.730. The Bertz CT molecular complexity index is 928. The predicted octanol–water partition coefficient (Wildman–Crippen LogP) is 1.02. The Morgan fingerprint density at radius 1 is 1.07 bits per heavy atom. The minimum atomic E-state index is -0.547. The summed E-state index contributed by atoms with van der Waals surface area (Å²) in [4.78, 5) is 41.0. The molecule has 4 fully saturated rings. The van der Waals surface area contributed by atoms with Crippen LogP contribution in [0.1, 0.15) is 53.6 Å². The summed E-state index contributed by atoms with van der Waals surface area (Å²) >= 11 is 0. The zero-order valence-electron chi connectivity index (χ0n) is 17.2. The highest BCUT2D eigenvalue weighted by Gasteiger charge is 2.62. The van der Waals surface area contributed by atoms with E-state index in [4.69, 9.17) is 0 Å². The van der Waals surface area contributed by atoms with Gasteiger partial charge in [0.25, 0.3) is 5.91 Å². The molecule has 0 radical (unpaired) electrons. The van der Waals surface area contributed by atoms with Gasteiger partial charge in [0, 0.05) is 62.1 Å². The zero-order valence-corrected chi connectivity index (χ0v) is 17.2. The lowest BCUT2D eigenvalue weighted by Crippen LogP contribution is -2.52. The molecule has 5 aliphatic rings. The van der Waals surface area contributed by atoms with Gasteiger partial charge in [-0.1, -0.05) is 18.6 Å². The van der Waals surface area contributed by atoms with Crippen LogP contribution >= 0.6 is 0 Å². The van der Waals surface area contributed by atoms with Crippen LogP contribution in [0.3, 0.4) is 0 Å². The van der Waals surface area contributed by atoms with Crippen molar-refractivity contribution in [3.63, 3.8) is 0 Å². The minimum Gasteiger partial charge on any atom is -0.322 e. The summed E-state index contributed by atoms with van der Waals surface area (Å²) in [6.07, 6.45) is 4.72. The van der Waals surface area contributed by atoms with Gasteiger partial charge in [-0.05, 0) is 36.5 Å². The number of carbonyl (C=O) groups excluding carboxylic acids is 3. The second-order valence-electron chi connectivity index (χ2n) is 10.1. The molecule has 0 aromatic heterocycles. The highest BCUT2D eigenvalue weighted by atomic mass is 16.2. The van der Waals surface area contributed by atoms with Gasteiger partial charge >= 0.3 is 0 Å². The van der Waals surface area contributed by atoms with E-state index in [-0.39, 0.29) is 24.1 Å². The van der Waals surface area contributed by atoms with Gasteiger partial charge in [-0.2, -0.15) is 0 Å². The third-order valence-corrected chi connectivity index (χ3v) is 8.41. The molecule has 0 bridgehead atoms. The van der Waals surface area contributed by atoms with Crippen LogP contribution in [0.2, 0.25) is 0 Å². The first-order valence-electron chi connectivity index (χ1n) is 11.2. The van der Waals surface area contributed by atoms with Gasteiger partial charge in [-0.25, -0.2) is 0 Å². The SMILES string of the molecule is O=C1CCC(N2Cc3ccc(CN4CC56CCCC5(CNC6)C4)cc3C2=O)C(=O)N1. The number of piperidine rings is 1. The van der Waals surface area contributed by atoms with E-state index in [1.54, 1.807) is 4.90 Å². The van der Waals surface area contributed by atoms with Crippen molar-refractivity contribution in [1.82, 2.24) is 20.4 Å². The molecule has 3 amide bonds. The van der Waals surface area contributed by atoms with E-state index in [0.717, 1.165) is 43.9 Å². The smallest absolute Gasteiger partial charge is 0.255 e. The average molecular weight is 409 g/mol. The number of rotatable bonds is 3. The van der Waals surface area contributed by atoms with Crippen LogP contribution in [0.15, 0.2) is 18.2 Å². The van der Waals surface area contributed by atoms with Crippen molar-refractivity contribution in [2.45, 2.75) is 51.2 Å². The van der Waals surface area contributed by atoms with Crippen molar-refractivity contribution < 1.29 is 14.4 Å². The monoisotopic (exact) mass is 408 g/mol. The summed E-state index contributed by atoms with van der Waals surface area (Å²) in [5, 5.41) is 6.01. The van der Waals surface area contributed by atoms with Crippen LogP contribution in [0, 0.1) is 10.8 Å². The number of imide groups is 1. The molecule has 1 aliphatic carbocycles.